The molecule has 1 aliphatic heterocycles. The zero-order valence-electron chi connectivity index (χ0n) is 16.7. The number of anilines is 1. The van der Waals surface area contributed by atoms with Gasteiger partial charge in [0.15, 0.2) is 11.5 Å². The molecule has 1 aliphatic rings. The molecule has 0 saturated heterocycles. The molecule has 0 spiro atoms. The van der Waals surface area contributed by atoms with Crippen LogP contribution in [0.1, 0.15) is 5.56 Å². The fourth-order valence-electron chi connectivity index (χ4n) is 3.38. The van der Waals surface area contributed by atoms with Crippen molar-refractivity contribution in [2.75, 3.05) is 17.9 Å². The lowest BCUT2D eigenvalue weighted by atomic mass is 10.1. The van der Waals surface area contributed by atoms with E-state index in [-0.39, 0.29) is 18.5 Å². The summed E-state index contributed by atoms with van der Waals surface area (Å²) in [5.74, 6) is 1.28. The summed E-state index contributed by atoms with van der Waals surface area (Å²) < 4.78 is 10.8. The van der Waals surface area contributed by atoms with E-state index >= 15 is 0 Å². The van der Waals surface area contributed by atoms with Crippen molar-refractivity contribution >= 4 is 34.3 Å². The molecule has 5 rings (SSSR count). The van der Waals surface area contributed by atoms with Gasteiger partial charge in [0.1, 0.15) is 11.1 Å². The van der Waals surface area contributed by atoms with E-state index in [4.69, 9.17) is 9.47 Å². The fraction of sp³-hybridized carbons (Fsp3) is 0.0833. The summed E-state index contributed by atoms with van der Waals surface area (Å²) in [7, 11) is 0. The minimum atomic E-state index is -0.189. The lowest BCUT2D eigenvalue weighted by Crippen LogP contribution is -2.14. The van der Waals surface area contributed by atoms with Gasteiger partial charge in [-0.05, 0) is 54.6 Å². The lowest BCUT2D eigenvalue weighted by Gasteiger charge is -2.09. The van der Waals surface area contributed by atoms with E-state index in [2.05, 4.69) is 21.4 Å². The molecule has 3 heterocycles. The van der Waals surface area contributed by atoms with Gasteiger partial charge >= 0.3 is 0 Å². The van der Waals surface area contributed by atoms with Crippen molar-refractivity contribution in [3.8, 4) is 28.8 Å². The molecule has 0 atom stereocenters. The Morgan fingerprint density at radius 3 is 2.91 bits per heavy atom. The quantitative estimate of drug-likeness (QED) is 0.452. The van der Waals surface area contributed by atoms with Crippen LogP contribution in [0, 0.1) is 11.3 Å². The molecule has 156 valence electrons. The number of aromatic nitrogens is 2. The molecule has 32 heavy (non-hydrogen) atoms. The van der Waals surface area contributed by atoms with Gasteiger partial charge < -0.3 is 14.8 Å². The Balaban J connectivity index is 1.34. The Labute approximate surface area is 188 Å². The number of carbonyl (C=O) groups is 1. The molecule has 0 radical (unpaired) electrons. The number of nitriles is 1. The van der Waals surface area contributed by atoms with Crippen LogP contribution >= 0.6 is 11.8 Å². The monoisotopic (exact) mass is 440 g/mol. The highest BCUT2D eigenvalue weighted by Crippen LogP contribution is 2.36. The van der Waals surface area contributed by atoms with Crippen molar-refractivity contribution in [3.63, 3.8) is 0 Å². The first-order chi connectivity index (χ1) is 15.7. The van der Waals surface area contributed by atoms with Gasteiger partial charge in [-0.3, -0.25) is 9.78 Å². The molecule has 8 heteroatoms. The molecule has 2 aromatic carbocycles. The maximum Gasteiger partial charge on any atom is 0.234 e. The number of hydrogen-bond acceptors (Lipinski definition) is 7. The summed E-state index contributed by atoms with van der Waals surface area (Å²) in [5, 5.41) is 13.8. The summed E-state index contributed by atoms with van der Waals surface area (Å²) in [4.78, 5) is 21.5. The second kappa shape index (κ2) is 8.57. The minimum Gasteiger partial charge on any atom is -0.454 e. The third kappa shape index (κ3) is 3.94. The Hall–Kier alpha value is -4.09. The first-order valence-electron chi connectivity index (χ1n) is 9.79. The summed E-state index contributed by atoms with van der Waals surface area (Å²) in [6, 6.07) is 20.5. The number of amides is 1. The van der Waals surface area contributed by atoms with E-state index in [1.807, 2.05) is 48.5 Å². The molecule has 1 N–H and O–H groups in total. The Morgan fingerprint density at radius 1 is 1.09 bits per heavy atom. The first kappa shape index (κ1) is 19.8. The van der Waals surface area contributed by atoms with E-state index in [1.54, 1.807) is 18.3 Å². The molecule has 7 nitrogen and oxygen atoms in total. The fourth-order valence-corrected chi connectivity index (χ4v) is 4.16. The number of carbonyl (C=O) groups excluding carboxylic acids is 1. The maximum absolute atomic E-state index is 12.6. The zero-order valence-corrected chi connectivity index (χ0v) is 17.6. The van der Waals surface area contributed by atoms with Gasteiger partial charge in [0.25, 0.3) is 0 Å². The largest absolute Gasteiger partial charge is 0.454 e. The Bertz CT molecular complexity index is 1380. The van der Waals surface area contributed by atoms with Crippen molar-refractivity contribution in [3.05, 3.63) is 72.4 Å². The Kier molecular flexibility index (Phi) is 5.32. The molecule has 0 fully saturated rings. The predicted molar refractivity (Wildman–Crippen MR) is 122 cm³/mol. The molecule has 1 amide bonds. The molecular weight excluding hydrogens is 424 g/mol. The van der Waals surface area contributed by atoms with Crippen LogP contribution in [0.15, 0.2) is 71.9 Å². The van der Waals surface area contributed by atoms with Gasteiger partial charge in [0, 0.05) is 17.1 Å². The summed E-state index contributed by atoms with van der Waals surface area (Å²) in [6.07, 6.45) is 1.71. The van der Waals surface area contributed by atoms with Crippen molar-refractivity contribution in [2.24, 2.45) is 0 Å². The van der Waals surface area contributed by atoms with Crippen LogP contribution in [0.25, 0.3) is 22.2 Å². The van der Waals surface area contributed by atoms with Crippen molar-refractivity contribution in [1.82, 2.24) is 9.97 Å². The van der Waals surface area contributed by atoms with Crippen molar-refractivity contribution in [2.45, 2.75) is 5.03 Å². The van der Waals surface area contributed by atoms with Crippen LogP contribution < -0.4 is 14.8 Å². The van der Waals surface area contributed by atoms with E-state index < -0.39 is 0 Å². The maximum atomic E-state index is 12.6. The predicted octanol–water partition coefficient (Wildman–Crippen LogP) is 4.63. The van der Waals surface area contributed by atoms with Gasteiger partial charge in [-0.2, -0.15) is 5.26 Å². The molecule has 0 saturated carbocycles. The van der Waals surface area contributed by atoms with E-state index in [0.717, 1.165) is 16.5 Å². The highest BCUT2D eigenvalue weighted by molar-refractivity contribution is 8.00. The van der Waals surface area contributed by atoms with Crippen LogP contribution in [0.3, 0.4) is 0 Å². The number of rotatable bonds is 5. The SMILES string of the molecule is N#Cc1ccc(-c2ccc3c(c2)OCO3)nc1SCC(=O)Nc1cccc2ncccc12. The first-order valence-corrected chi connectivity index (χ1v) is 10.8. The van der Waals surface area contributed by atoms with Crippen molar-refractivity contribution in [1.29, 1.82) is 5.26 Å². The van der Waals surface area contributed by atoms with Crippen LogP contribution in [-0.2, 0) is 4.79 Å². The minimum absolute atomic E-state index is 0.114. The number of fused-ring (bicyclic) bond motifs is 2. The normalized spacial score (nSPS) is 11.8. The third-order valence-corrected chi connectivity index (χ3v) is 5.90. The number of ether oxygens (including phenoxy) is 2. The number of nitrogens with zero attached hydrogens (tertiary/aromatic N) is 3. The number of benzene rings is 2. The molecule has 0 aliphatic carbocycles. The average Bonchev–Trinajstić information content (AvgIpc) is 3.31. The molecular formula is C24H16N4O3S. The van der Waals surface area contributed by atoms with Crippen LogP contribution in [0.5, 0.6) is 11.5 Å². The second-order valence-electron chi connectivity index (χ2n) is 6.94. The van der Waals surface area contributed by atoms with Gasteiger partial charge in [0.05, 0.1) is 28.2 Å². The highest BCUT2D eigenvalue weighted by Gasteiger charge is 2.16. The highest BCUT2D eigenvalue weighted by atomic mass is 32.2. The number of thioether (sulfide) groups is 1. The standard InChI is InChI=1S/C24H16N4O3S/c25-12-16-6-8-18(15-7-9-21-22(11-15)31-14-30-21)28-24(16)32-13-23(29)27-20-5-1-4-19-17(20)3-2-10-26-19/h1-11H,13-14H2,(H,27,29). The number of hydrogen-bond donors (Lipinski definition) is 1. The number of pyridine rings is 2. The smallest absolute Gasteiger partial charge is 0.234 e. The van der Waals surface area contributed by atoms with Gasteiger partial charge in [-0.15, -0.1) is 0 Å². The molecule has 0 unspecified atom stereocenters. The van der Waals surface area contributed by atoms with E-state index in [1.165, 1.54) is 11.8 Å². The van der Waals surface area contributed by atoms with Crippen molar-refractivity contribution < 1.29 is 14.3 Å². The summed E-state index contributed by atoms with van der Waals surface area (Å²) in [6.45, 7) is 0.197. The average molecular weight is 440 g/mol. The third-order valence-electron chi connectivity index (χ3n) is 4.91. The van der Waals surface area contributed by atoms with E-state index in [0.29, 0.717) is 33.5 Å². The summed E-state index contributed by atoms with van der Waals surface area (Å²) in [5.41, 5.74) is 3.45. The molecule has 2 aromatic heterocycles. The zero-order chi connectivity index (χ0) is 21.9. The van der Waals surface area contributed by atoms with Gasteiger partial charge in [-0.25, -0.2) is 4.98 Å². The molecule has 0 bridgehead atoms. The second-order valence-corrected chi connectivity index (χ2v) is 7.91. The van der Waals surface area contributed by atoms with Gasteiger partial charge in [-0.1, -0.05) is 17.8 Å². The lowest BCUT2D eigenvalue weighted by molar-refractivity contribution is -0.113. The van der Waals surface area contributed by atoms with Gasteiger partial charge in [0.2, 0.25) is 12.7 Å². The van der Waals surface area contributed by atoms with Crippen LogP contribution in [0.2, 0.25) is 0 Å². The molecule has 4 aromatic rings. The van der Waals surface area contributed by atoms with Crippen LogP contribution in [0.4, 0.5) is 5.69 Å². The topological polar surface area (TPSA) is 97.1 Å². The van der Waals surface area contributed by atoms with E-state index in [9.17, 15) is 10.1 Å². The van der Waals surface area contributed by atoms with Crippen LogP contribution in [-0.4, -0.2) is 28.4 Å². The summed E-state index contributed by atoms with van der Waals surface area (Å²) >= 11 is 1.22. The number of nitrogens with one attached hydrogen (secondary N) is 1. The Morgan fingerprint density at radius 2 is 2.00 bits per heavy atom.